The molecule has 0 aliphatic rings. The SMILES string of the molecule is CC(NC(=O)c1c(F)cccc1Br)c1ccc(N)cc1. The molecule has 0 spiro atoms. The van der Waals surface area contributed by atoms with Gasteiger partial charge in [0.2, 0.25) is 0 Å². The maximum Gasteiger partial charge on any atom is 0.255 e. The highest BCUT2D eigenvalue weighted by Crippen LogP contribution is 2.21. The molecule has 2 aromatic rings. The number of nitrogens with one attached hydrogen (secondary N) is 1. The second-order valence-corrected chi connectivity index (χ2v) is 5.31. The predicted molar refractivity (Wildman–Crippen MR) is 80.8 cm³/mol. The van der Waals surface area contributed by atoms with Gasteiger partial charge in [-0.25, -0.2) is 4.39 Å². The lowest BCUT2D eigenvalue weighted by molar-refractivity contribution is 0.0935. The van der Waals surface area contributed by atoms with E-state index in [4.69, 9.17) is 5.73 Å². The summed E-state index contributed by atoms with van der Waals surface area (Å²) in [6, 6.07) is 11.4. The Balaban J connectivity index is 2.17. The van der Waals surface area contributed by atoms with Gasteiger partial charge in [-0.2, -0.15) is 0 Å². The van der Waals surface area contributed by atoms with Crippen LogP contribution in [0.15, 0.2) is 46.9 Å². The van der Waals surface area contributed by atoms with Crippen LogP contribution in [0.1, 0.15) is 28.9 Å². The number of nitrogens with two attached hydrogens (primary N) is 1. The van der Waals surface area contributed by atoms with Gasteiger partial charge in [-0.3, -0.25) is 4.79 Å². The monoisotopic (exact) mass is 336 g/mol. The molecule has 0 saturated carbocycles. The van der Waals surface area contributed by atoms with Crippen LogP contribution in [0.2, 0.25) is 0 Å². The van der Waals surface area contributed by atoms with Crippen molar-refractivity contribution in [3.63, 3.8) is 0 Å². The van der Waals surface area contributed by atoms with Gasteiger partial charge in [-0.15, -0.1) is 0 Å². The molecule has 0 heterocycles. The number of rotatable bonds is 3. The number of nitrogen functional groups attached to an aromatic ring is 1. The molecule has 0 fully saturated rings. The summed E-state index contributed by atoms with van der Waals surface area (Å²) >= 11 is 3.19. The third kappa shape index (κ3) is 3.17. The van der Waals surface area contributed by atoms with Crippen LogP contribution < -0.4 is 11.1 Å². The summed E-state index contributed by atoms with van der Waals surface area (Å²) in [5.41, 5.74) is 7.18. The molecule has 1 amide bonds. The van der Waals surface area contributed by atoms with Gasteiger partial charge in [0.15, 0.2) is 0 Å². The van der Waals surface area contributed by atoms with Gasteiger partial charge >= 0.3 is 0 Å². The topological polar surface area (TPSA) is 55.1 Å². The number of benzene rings is 2. The fourth-order valence-electron chi connectivity index (χ4n) is 1.85. The first kappa shape index (κ1) is 14.5. The molecule has 20 heavy (non-hydrogen) atoms. The van der Waals surface area contributed by atoms with Crippen molar-refractivity contribution in [3.8, 4) is 0 Å². The first-order valence-corrected chi connectivity index (χ1v) is 6.88. The van der Waals surface area contributed by atoms with E-state index >= 15 is 0 Å². The van der Waals surface area contributed by atoms with Crippen molar-refractivity contribution in [3.05, 3.63) is 63.9 Å². The Hall–Kier alpha value is -1.88. The van der Waals surface area contributed by atoms with Gasteiger partial charge in [0, 0.05) is 10.2 Å². The summed E-state index contributed by atoms with van der Waals surface area (Å²) in [4.78, 5) is 12.1. The van der Waals surface area contributed by atoms with Crippen molar-refractivity contribution in [2.45, 2.75) is 13.0 Å². The van der Waals surface area contributed by atoms with Crippen molar-refractivity contribution >= 4 is 27.5 Å². The molecule has 3 N–H and O–H groups in total. The predicted octanol–water partition coefficient (Wildman–Crippen LogP) is 3.66. The first-order valence-electron chi connectivity index (χ1n) is 6.09. The van der Waals surface area contributed by atoms with E-state index in [1.54, 1.807) is 24.3 Å². The second kappa shape index (κ2) is 6.05. The number of halogens is 2. The van der Waals surface area contributed by atoms with Crippen molar-refractivity contribution in [2.24, 2.45) is 0 Å². The highest BCUT2D eigenvalue weighted by Gasteiger charge is 2.17. The summed E-state index contributed by atoms with van der Waals surface area (Å²) in [6.45, 7) is 1.83. The lowest BCUT2D eigenvalue weighted by atomic mass is 10.1. The van der Waals surface area contributed by atoms with Crippen LogP contribution in [0, 0.1) is 5.82 Å². The third-order valence-electron chi connectivity index (χ3n) is 2.97. The number of carbonyl (C=O) groups excluding carboxylic acids is 1. The van der Waals surface area contributed by atoms with Gasteiger partial charge in [0.1, 0.15) is 5.82 Å². The Morgan fingerprint density at radius 3 is 2.50 bits per heavy atom. The second-order valence-electron chi connectivity index (χ2n) is 4.46. The molecule has 0 aliphatic carbocycles. The molecule has 0 aromatic heterocycles. The Morgan fingerprint density at radius 2 is 1.90 bits per heavy atom. The molecule has 2 aromatic carbocycles. The molecule has 0 bridgehead atoms. The summed E-state index contributed by atoms with van der Waals surface area (Å²) in [7, 11) is 0. The van der Waals surface area contributed by atoms with E-state index in [2.05, 4.69) is 21.2 Å². The van der Waals surface area contributed by atoms with Crippen molar-refractivity contribution < 1.29 is 9.18 Å². The standard InChI is InChI=1S/C15H14BrFN2O/c1-9(10-5-7-11(18)8-6-10)19-15(20)14-12(16)3-2-4-13(14)17/h2-9H,18H2,1H3,(H,19,20). The van der Waals surface area contributed by atoms with E-state index < -0.39 is 11.7 Å². The number of hydrogen-bond donors (Lipinski definition) is 2. The van der Waals surface area contributed by atoms with Gasteiger partial charge < -0.3 is 11.1 Å². The molecule has 3 nitrogen and oxygen atoms in total. The van der Waals surface area contributed by atoms with E-state index in [0.29, 0.717) is 10.2 Å². The van der Waals surface area contributed by atoms with E-state index in [1.807, 2.05) is 19.1 Å². The molecule has 104 valence electrons. The van der Waals surface area contributed by atoms with E-state index in [-0.39, 0.29) is 11.6 Å². The maximum absolute atomic E-state index is 13.7. The Bertz CT molecular complexity index is 608. The van der Waals surface area contributed by atoms with Gasteiger partial charge in [-0.1, -0.05) is 18.2 Å². The fourth-order valence-corrected chi connectivity index (χ4v) is 2.37. The van der Waals surface area contributed by atoms with Crippen LogP contribution in [0.4, 0.5) is 10.1 Å². The van der Waals surface area contributed by atoms with Crippen LogP contribution in [0.3, 0.4) is 0 Å². The van der Waals surface area contributed by atoms with Crippen LogP contribution in [-0.4, -0.2) is 5.91 Å². The minimum Gasteiger partial charge on any atom is -0.399 e. The molecular formula is C15H14BrFN2O. The first-order chi connectivity index (χ1) is 9.49. The smallest absolute Gasteiger partial charge is 0.255 e. The molecule has 5 heteroatoms. The number of hydrogen-bond acceptors (Lipinski definition) is 2. The summed E-state index contributed by atoms with van der Waals surface area (Å²) < 4.78 is 14.1. The quantitative estimate of drug-likeness (QED) is 0.840. The van der Waals surface area contributed by atoms with Crippen LogP contribution in [0.25, 0.3) is 0 Å². The number of amides is 1. The molecule has 0 aliphatic heterocycles. The molecule has 2 rings (SSSR count). The van der Waals surface area contributed by atoms with E-state index in [0.717, 1.165) is 5.56 Å². The van der Waals surface area contributed by atoms with E-state index in [9.17, 15) is 9.18 Å². The minimum absolute atomic E-state index is 0.00907. The highest BCUT2D eigenvalue weighted by molar-refractivity contribution is 9.10. The van der Waals surface area contributed by atoms with Crippen molar-refractivity contribution in [2.75, 3.05) is 5.73 Å². The van der Waals surface area contributed by atoms with Gasteiger partial charge in [0.25, 0.3) is 5.91 Å². The zero-order valence-electron chi connectivity index (χ0n) is 10.9. The fraction of sp³-hybridized carbons (Fsp3) is 0.133. The minimum atomic E-state index is -0.554. The summed E-state index contributed by atoms with van der Waals surface area (Å²) in [5.74, 6) is -1.01. The number of anilines is 1. The van der Waals surface area contributed by atoms with E-state index in [1.165, 1.54) is 6.07 Å². The molecule has 1 unspecified atom stereocenters. The largest absolute Gasteiger partial charge is 0.399 e. The Labute approximate surface area is 125 Å². The third-order valence-corrected chi connectivity index (χ3v) is 3.63. The highest BCUT2D eigenvalue weighted by atomic mass is 79.9. The lowest BCUT2D eigenvalue weighted by Gasteiger charge is -2.15. The Morgan fingerprint density at radius 1 is 1.25 bits per heavy atom. The summed E-state index contributed by atoms with van der Waals surface area (Å²) in [5, 5.41) is 2.76. The average Bonchev–Trinajstić information content (AvgIpc) is 2.39. The van der Waals surface area contributed by atoms with Crippen molar-refractivity contribution in [1.82, 2.24) is 5.32 Å². The van der Waals surface area contributed by atoms with Crippen LogP contribution >= 0.6 is 15.9 Å². The summed E-state index contributed by atoms with van der Waals surface area (Å²) in [6.07, 6.45) is 0. The normalized spacial score (nSPS) is 11.9. The zero-order valence-corrected chi connectivity index (χ0v) is 12.4. The molecular weight excluding hydrogens is 323 g/mol. The van der Waals surface area contributed by atoms with Crippen molar-refractivity contribution in [1.29, 1.82) is 0 Å². The average molecular weight is 337 g/mol. The number of carbonyl (C=O) groups is 1. The molecule has 1 atom stereocenters. The van der Waals surface area contributed by atoms with Gasteiger partial charge in [0.05, 0.1) is 11.6 Å². The lowest BCUT2D eigenvalue weighted by Crippen LogP contribution is -2.27. The molecule has 0 radical (unpaired) electrons. The Kier molecular flexibility index (Phi) is 4.39. The molecule has 0 saturated heterocycles. The van der Waals surface area contributed by atoms with Gasteiger partial charge in [-0.05, 0) is 52.7 Å². The maximum atomic E-state index is 13.7. The van der Waals surface area contributed by atoms with Crippen LogP contribution in [-0.2, 0) is 0 Å². The zero-order chi connectivity index (χ0) is 14.7. The van der Waals surface area contributed by atoms with Crippen LogP contribution in [0.5, 0.6) is 0 Å².